The van der Waals surface area contributed by atoms with Gasteiger partial charge >= 0.3 is 5.97 Å². The predicted octanol–water partition coefficient (Wildman–Crippen LogP) is 1.21. The van der Waals surface area contributed by atoms with Crippen molar-refractivity contribution >= 4 is 11.9 Å². The number of carbonyl (C=O) groups excluding carboxylic acids is 1. The molecule has 21 heavy (non-hydrogen) atoms. The lowest BCUT2D eigenvalue weighted by molar-refractivity contribution is -0.139. The van der Waals surface area contributed by atoms with Crippen molar-refractivity contribution in [2.24, 2.45) is 0 Å². The molecule has 1 amide bonds. The topological polar surface area (TPSA) is 99.5 Å². The summed E-state index contributed by atoms with van der Waals surface area (Å²) in [5.74, 6) is -1.57. The van der Waals surface area contributed by atoms with Crippen LogP contribution >= 0.6 is 0 Å². The zero-order valence-electron chi connectivity index (χ0n) is 11.1. The summed E-state index contributed by atoms with van der Waals surface area (Å²) in [6, 6.07) is 9.91. The minimum atomic E-state index is -1.13. The molecule has 1 atom stereocenters. The van der Waals surface area contributed by atoms with E-state index < -0.39 is 17.9 Å². The number of nitrogens with zero attached hydrogens (tertiary/aromatic N) is 1. The second-order valence-corrected chi connectivity index (χ2v) is 4.45. The summed E-state index contributed by atoms with van der Waals surface area (Å²) in [4.78, 5) is 27.1. The first kappa shape index (κ1) is 14.5. The zero-order chi connectivity index (χ0) is 15.2. The van der Waals surface area contributed by atoms with E-state index in [1.54, 1.807) is 24.3 Å². The van der Waals surface area contributed by atoms with Gasteiger partial charge in [-0.15, -0.1) is 0 Å². The normalized spacial score (nSPS) is 11.6. The van der Waals surface area contributed by atoms with Crippen molar-refractivity contribution in [1.29, 1.82) is 0 Å². The number of carboxylic acid groups (broad SMARTS) is 1. The highest BCUT2D eigenvalue weighted by molar-refractivity contribution is 5.94. The Labute approximate surface area is 121 Å². The van der Waals surface area contributed by atoms with Gasteiger partial charge in [-0.25, -0.2) is 4.79 Å². The van der Waals surface area contributed by atoms with Crippen molar-refractivity contribution in [3.8, 4) is 5.75 Å². The van der Waals surface area contributed by atoms with Crippen molar-refractivity contribution in [3.05, 3.63) is 59.9 Å². The maximum atomic E-state index is 11.9. The van der Waals surface area contributed by atoms with Gasteiger partial charge in [0, 0.05) is 12.6 Å². The number of amides is 1. The van der Waals surface area contributed by atoms with Crippen LogP contribution in [0, 0.1) is 0 Å². The Hall–Kier alpha value is -2.89. The van der Waals surface area contributed by atoms with Gasteiger partial charge in [-0.3, -0.25) is 9.78 Å². The molecule has 2 rings (SSSR count). The lowest BCUT2D eigenvalue weighted by atomic mass is 10.1. The Balaban J connectivity index is 2.07. The Kier molecular flexibility index (Phi) is 4.50. The second-order valence-electron chi connectivity index (χ2n) is 4.45. The highest BCUT2D eigenvalue weighted by Crippen LogP contribution is 2.11. The number of nitrogens with one attached hydrogen (secondary N) is 1. The van der Waals surface area contributed by atoms with Gasteiger partial charge < -0.3 is 15.5 Å². The Bertz CT molecular complexity index is 626. The summed E-state index contributed by atoms with van der Waals surface area (Å²) >= 11 is 0. The highest BCUT2D eigenvalue weighted by atomic mass is 16.4. The predicted molar refractivity (Wildman–Crippen MR) is 74.9 cm³/mol. The molecule has 0 unspecified atom stereocenters. The van der Waals surface area contributed by atoms with Gasteiger partial charge in [-0.05, 0) is 29.8 Å². The van der Waals surface area contributed by atoms with E-state index in [4.69, 9.17) is 0 Å². The first-order valence-electron chi connectivity index (χ1n) is 6.29. The molecule has 0 fully saturated rings. The smallest absolute Gasteiger partial charge is 0.326 e. The van der Waals surface area contributed by atoms with E-state index in [1.807, 2.05) is 0 Å². The largest absolute Gasteiger partial charge is 0.508 e. The van der Waals surface area contributed by atoms with Crippen molar-refractivity contribution in [3.63, 3.8) is 0 Å². The molecular formula is C15H14N2O4. The first-order valence-corrected chi connectivity index (χ1v) is 6.29. The molecule has 0 bridgehead atoms. The molecule has 108 valence electrons. The third-order valence-corrected chi connectivity index (χ3v) is 2.88. The molecule has 3 N–H and O–H groups in total. The molecule has 0 saturated heterocycles. The Morgan fingerprint density at radius 1 is 1.14 bits per heavy atom. The number of benzene rings is 1. The molecule has 6 nitrogen and oxygen atoms in total. The molecule has 1 heterocycles. The van der Waals surface area contributed by atoms with Crippen LogP contribution < -0.4 is 5.32 Å². The number of aromatic hydroxyl groups is 1. The number of carboxylic acids is 1. The number of phenolic OH excluding ortho intramolecular Hbond substituents is 1. The van der Waals surface area contributed by atoms with Crippen LogP contribution in [-0.2, 0) is 11.2 Å². The minimum absolute atomic E-state index is 0.100. The minimum Gasteiger partial charge on any atom is -0.508 e. The Morgan fingerprint density at radius 2 is 1.86 bits per heavy atom. The summed E-state index contributed by atoms with van der Waals surface area (Å²) in [7, 11) is 0. The lowest BCUT2D eigenvalue weighted by Crippen LogP contribution is -2.42. The van der Waals surface area contributed by atoms with Crippen LogP contribution in [0.4, 0.5) is 0 Å². The van der Waals surface area contributed by atoms with Crippen LogP contribution in [0.2, 0.25) is 0 Å². The summed E-state index contributed by atoms with van der Waals surface area (Å²) in [5, 5.41) is 20.8. The van der Waals surface area contributed by atoms with Gasteiger partial charge in [-0.1, -0.05) is 18.2 Å². The van der Waals surface area contributed by atoms with E-state index in [1.165, 1.54) is 24.4 Å². The van der Waals surface area contributed by atoms with Crippen LogP contribution in [0.3, 0.4) is 0 Å². The molecule has 0 saturated carbocycles. The molecule has 1 aromatic heterocycles. The van der Waals surface area contributed by atoms with Gasteiger partial charge in [0.05, 0.1) is 0 Å². The van der Waals surface area contributed by atoms with Crippen LogP contribution in [0.1, 0.15) is 16.1 Å². The number of aromatic nitrogens is 1. The lowest BCUT2D eigenvalue weighted by Gasteiger charge is -2.14. The van der Waals surface area contributed by atoms with Crippen molar-refractivity contribution in [2.75, 3.05) is 0 Å². The highest BCUT2D eigenvalue weighted by Gasteiger charge is 2.21. The first-order chi connectivity index (χ1) is 10.1. The Morgan fingerprint density at radius 3 is 2.43 bits per heavy atom. The molecule has 2 aromatic rings. The third kappa shape index (κ3) is 4.04. The summed E-state index contributed by atoms with van der Waals surface area (Å²) in [6.45, 7) is 0. The number of pyridine rings is 1. The van der Waals surface area contributed by atoms with Crippen LogP contribution in [-0.4, -0.2) is 33.1 Å². The monoisotopic (exact) mass is 286 g/mol. The number of carbonyl (C=O) groups is 2. The SMILES string of the molecule is O=C(N[C@@H](Cc1ccc(O)cc1)C(=O)O)c1ccccn1. The third-order valence-electron chi connectivity index (χ3n) is 2.88. The molecule has 0 radical (unpaired) electrons. The number of hydrogen-bond donors (Lipinski definition) is 3. The fraction of sp³-hybridized carbons (Fsp3) is 0.133. The van der Waals surface area contributed by atoms with Crippen molar-refractivity contribution in [1.82, 2.24) is 10.3 Å². The maximum Gasteiger partial charge on any atom is 0.326 e. The van der Waals surface area contributed by atoms with E-state index in [-0.39, 0.29) is 17.9 Å². The zero-order valence-corrected chi connectivity index (χ0v) is 11.1. The molecule has 0 spiro atoms. The summed E-state index contributed by atoms with van der Waals surface area (Å²) < 4.78 is 0. The molecule has 0 aliphatic heterocycles. The standard InChI is InChI=1S/C15H14N2O4/c18-11-6-4-10(5-7-11)9-13(15(20)21)17-14(19)12-3-1-2-8-16-12/h1-8,13,18H,9H2,(H,17,19)(H,20,21)/t13-/m0/s1. The van der Waals surface area contributed by atoms with Gasteiger partial charge in [0.15, 0.2) is 0 Å². The average Bonchev–Trinajstić information content (AvgIpc) is 2.49. The summed E-state index contributed by atoms with van der Waals surface area (Å²) in [5.41, 5.74) is 0.857. The molecule has 1 aromatic carbocycles. The van der Waals surface area contributed by atoms with Crippen molar-refractivity contribution in [2.45, 2.75) is 12.5 Å². The molecule has 0 aliphatic carbocycles. The van der Waals surface area contributed by atoms with E-state index in [0.29, 0.717) is 5.56 Å². The van der Waals surface area contributed by atoms with Gasteiger partial charge in [-0.2, -0.15) is 0 Å². The van der Waals surface area contributed by atoms with Crippen LogP contribution in [0.5, 0.6) is 5.75 Å². The second kappa shape index (κ2) is 6.51. The molecule has 0 aliphatic rings. The number of hydrogen-bond acceptors (Lipinski definition) is 4. The van der Waals surface area contributed by atoms with Crippen molar-refractivity contribution < 1.29 is 19.8 Å². The number of aliphatic carboxylic acids is 1. The fourth-order valence-electron chi connectivity index (χ4n) is 1.80. The van der Waals surface area contributed by atoms with E-state index in [9.17, 15) is 19.8 Å². The fourth-order valence-corrected chi connectivity index (χ4v) is 1.80. The van der Waals surface area contributed by atoms with Gasteiger partial charge in [0.2, 0.25) is 0 Å². The van der Waals surface area contributed by atoms with E-state index in [0.717, 1.165) is 0 Å². The number of rotatable bonds is 5. The van der Waals surface area contributed by atoms with Gasteiger partial charge in [0.1, 0.15) is 17.5 Å². The number of phenols is 1. The van der Waals surface area contributed by atoms with E-state index >= 15 is 0 Å². The van der Waals surface area contributed by atoms with Gasteiger partial charge in [0.25, 0.3) is 5.91 Å². The molecular weight excluding hydrogens is 272 g/mol. The van der Waals surface area contributed by atoms with Crippen LogP contribution in [0.15, 0.2) is 48.7 Å². The van der Waals surface area contributed by atoms with E-state index in [2.05, 4.69) is 10.3 Å². The summed E-state index contributed by atoms with van der Waals surface area (Å²) in [6.07, 6.45) is 1.58. The molecule has 6 heteroatoms. The quantitative estimate of drug-likeness (QED) is 0.767. The average molecular weight is 286 g/mol. The maximum absolute atomic E-state index is 11.9. The van der Waals surface area contributed by atoms with Crippen LogP contribution in [0.25, 0.3) is 0 Å².